The Morgan fingerprint density at radius 3 is 1.48 bits per heavy atom. The molecule has 56 heavy (non-hydrogen) atoms. The van der Waals surface area contributed by atoms with Crippen molar-refractivity contribution in [2.24, 2.45) is 0 Å². The molecule has 0 atom stereocenters. The van der Waals surface area contributed by atoms with Crippen LogP contribution in [-0.4, -0.2) is 9.13 Å². The van der Waals surface area contributed by atoms with Crippen molar-refractivity contribution in [3.05, 3.63) is 169 Å². The lowest BCUT2D eigenvalue weighted by Gasteiger charge is -2.14. The van der Waals surface area contributed by atoms with E-state index < -0.39 is 0 Å². The molecule has 8 aromatic carbocycles. The molecule has 6 nitrogen and oxygen atoms in total. The predicted octanol–water partition coefficient (Wildman–Crippen LogP) is 13.1. The second-order valence-corrected chi connectivity index (χ2v) is 14.4. The monoisotopic (exact) mass is 714 g/mol. The minimum Gasteiger partial charge on any atom is -0.456 e. The maximum atomic E-state index is 10.7. The number of fused-ring (bicyclic) bond motifs is 12. The van der Waals surface area contributed by atoms with E-state index in [1.54, 1.807) is 0 Å². The Kier molecular flexibility index (Phi) is 6.10. The highest BCUT2D eigenvalue weighted by atomic mass is 16.3. The van der Waals surface area contributed by atoms with Crippen molar-refractivity contribution < 1.29 is 8.83 Å². The number of hydrogen-bond donors (Lipinski definition) is 0. The van der Waals surface area contributed by atoms with Crippen LogP contribution in [0.4, 0.5) is 0 Å². The van der Waals surface area contributed by atoms with Gasteiger partial charge in [0.1, 0.15) is 22.3 Å². The molecule has 0 unspecified atom stereocenters. The van der Waals surface area contributed by atoms with Gasteiger partial charge in [0.2, 0.25) is 0 Å². The average molecular weight is 715 g/mol. The van der Waals surface area contributed by atoms with E-state index in [0.717, 1.165) is 110 Å². The first-order valence-corrected chi connectivity index (χ1v) is 18.4. The summed E-state index contributed by atoms with van der Waals surface area (Å²) in [5, 5.41) is 29.6. The van der Waals surface area contributed by atoms with Crippen LogP contribution in [0.15, 0.2) is 167 Å². The summed E-state index contributed by atoms with van der Waals surface area (Å²) in [7, 11) is 0. The Hall–Kier alpha value is -8.06. The van der Waals surface area contributed by atoms with Crippen LogP contribution in [0, 0.1) is 22.7 Å². The summed E-state index contributed by atoms with van der Waals surface area (Å²) >= 11 is 0. The zero-order valence-electron chi connectivity index (χ0n) is 29.6. The van der Waals surface area contributed by atoms with E-state index in [1.807, 2.05) is 78.9 Å². The lowest BCUT2D eigenvalue weighted by atomic mass is 9.97. The first kappa shape index (κ1) is 30.4. The number of nitriles is 2. The highest BCUT2D eigenvalue weighted by molar-refractivity contribution is 6.18. The molecule has 0 radical (unpaired) electrons. The number of aromatic nitrogens is 2. The second kappa shape index (κ2) is 11.2. The summed E-state index contributed by atoms with van der Waals surface area (Å²) in [6.07, 6.45) is 0. The molecule has 0 spiro atoms. The Balaban J connectivity index is 1.07. The van der Waals surface area contributed by atoms with Crippen LogP contribution in [-0.2, 0) is 0 Å². The van der Waals surface area contributed by atoms with Crippen LogP contribution in [0.3, 0.4) is 0 Å². The van der Waals surface area contributed by atoms with Crippen molar-refractivity contribution in [3.63, 3.8) is 0 Å². The molecule has 0 aliphatic heterocycles. The Morgan fingerprint density at radius 1 is 0.375 bits per heavy atom. The second-order valence-electron chi connectivity index (χ2n) is 14.4. The molecule has 4 heterocycles. The van der Waals surface area contributed by atoms with Gasteiger partial charge >= 0.3 is 0 Å². The molecule has 12 rings (SSSR count). The van der Waals surface area contributed by atoms with Gasteiger partial charge in [0.25, 0.3) is 0 Å². The lowest BCUT2D eigenvalue weighted by Crippen LogP contribution is -1.98. The van der Waals surface area contributed by atoms with Crippen molar-refractivity contribution in [3.8, 4) is 34.6 Å². The molecule has 0 bridgehead atoms. The van der Waals surface area contributed by atoms with Crippen molar-refractivity contribution >= 4 is 87.5 Å². The molecule has 0 fully saturated rings. The Labute approximate surface area is 318 Å². The third-order valence-corrected chi connectivity index (χ3v) is 11.3. The molecule has 0 saturated carbocycles. The van der Waals surface area contributed by atoms with Gasteiger partial charge in [-0.05, 0) is 90.0 Å². The lowest BCUT2D eigenvalue weighted by molar-refractivity contribution is 0.669. The normalized spacial score (nSPS) is 11.9. The minimum atomic E-state index is 0.505. The van der Waals surface area contributed by atoms with Crippen molar-refractivity contribution in [2.45, 2.75) is 0 Å². The molecule has 6 heteroatoms. The molecule has 0 aliphatic rings. The summed E-state index contributed by atoms with van der Waals surface area (Å²) in [4.78, 5) is 0. The van der Waals surface area contributed by atoms with E-state index in [4.69, 9.17) is 8.83 Å². The Morgan fingerprint density at radius 2 is 0.911 bits per heavy atom. The van der Waals surface area contributed by atoms with Crippen molar-refractivity contribution in [1.82, 2.24) is 9.13 Å². The summed E-state index contributed by atoms with van der Waals surface area (Å²) in [5.41, 5.74) is 11.7. The number of hydrogen-bond acceptors (Lipinski definition) is 4. The molecular weight excluding hydrogens is 689 g/mol. The van der Waals surface area contributed by atoms with E-state index >= 15 is 0 Å². The van der Waals surface area contributed by atoms with Gasteiger partial charge in [-0.15, -0.1) is 0 Å². The van der Waals surface area contributed by atoms with Crippen molar-refractivity contribution in [1.29, 1.82) is 10.5 Å². The third-order valence-electron chi connectivity index (χ3n) is 11.3. The third kappa shape index (κ3) is 4.18. The minimum absolute atomic E-state index is 0.505. The molecule has 0 amide bonds. The van der Waals surface area contributed by atoms with E-state index in [1.165, 1.54) is 0 Å². The molecular formula is C50H26N4O2. The van der Waals surface area contributed by atoms with Gasteiger partial charge in [-0.1, -0.05) is 78.9 Å². The zero-order valence-corrected chi connectivity index (χ0v) is 29.6. The predicted molar refractivity (Wildman–Crippen MR) is 225 cm³/mol. The first-order chi connectivity index (χ1) is 27.6. The highest BCUT2D eigenvalue weighted by Crippen LogP contribution is 2.41. The molecule has 258 valence electrons. The van der Waals surface area contributed by atoms with Gasteiger partial charge in [-0.2, -0.15) is 10.5 Å². The standard InChI is InChI=1S/C50H26N4O2/c51-27-29-19-30(21-33(20-29)54-44-14-6-2-10-36(44)40-26-50-42(24-46(40)54)38-12-4-8-16-48(38)56-50)34-18-17-32(22-31(34)28-52)53-43-13-5-1-9-35(43)39-25-49-41(23-45(39)53)37-11-3-7-15-47(37)55-49/h1-26H. The number of para-hydroxylation sites is 4. The molecule has 12 aromatic rings. The van der Waals surface area contributed by atoms with Gasteiger partial charge in [0.15, 0.2) is 0 Å². The summed E-state index contributed by atoms with van der Waals surface area (Å²) in [6, 6.07) is 58.3. The molecule has 0 aliphatic carbocycles. The van der Waals surface area contributed by atoms with E-state index in [9.17, 15) is 10.5 Å². The van der Waals surface area contributed by atoms with Crippen LogP contribution in [0.25, 0.3) is 110 Å². The van der Waals surface area contributed by atoms with E-state index in [-0.39, 0.29) is 0 Å². The summed E-state index contributed by atoms with van der Waals surface area (Å²) in [6.45, 7) is 0. The smallest absolute Gasteiger partial charge is 0.136 e. The maximum Gasteiger partial charge on any atom is 0.136 e. The average Bonchev–Trinajstić information content (AvgIpc) is 3.99. The SMILES string of the molecule is N#Cc1cc(-c2ccc(-n3c4ccccc4c4cc5oc6ccccc6c5cc43)cc2C#N)cc(-n2c3ccccc3c3cc4oc5ccccc5c4cc32)c1. The largest absolute Gasteiger partial charge is 0.456 e. The summed E-state index contributed by atoms with van der Waals surface area (Å²) < 4.78 is 17.0. The van der Waals surface area contributed by atoms with Crippen molar-refractivity contribution in [2.75, 3.05) is 0 Å². The van der Waals surface area contributed by atoms with Gasteiger partial charge in [-0.3, -0.25) is 0 Å². The highest BCUT2D eigenvalue weighted by Gasteiger charge is 2.20. The molecule has 4 aromatic heterocycles. The van der Waals surface area contributed by atoms with Crippen LogP contribution in [0.5, 0.6) is 0 Å². The number of rotatable bonds is 3. The fourth-order valence-corrected chi connectivity index (χ4v) is 8.91. The number of benzene rings is 8. The summed E-state index contributed by atoms with van der Waals surface area (Å²) in [5.74, 6) is 0. The van der Waals surface area contributed by atoms with Crippen LogP contribution in [0.1, 0.15) is 11.1 Å². The molecule has 0 saturated heterocycles. The van der Waals surface area contributed by atoms with Gasteiger partial charge in [-0.25, -0.2) is 0 Å². The molecule has 0 N–H and O–H groups in total. The fourth-order valence-electron chi connectivity index (χ4n) is 8.91. The first-order valence-electron chi connectivity index (χ1n) is 18.4. The van der Waals surface area contributed by atoms with E-state index in [2.05, 4.69) is 100 Å². The topological polar surface area (TPSA) is 83.7 Å². The number of nitrogens with zero attached hydrogens (tertiary/aromatic N) is 4. The van der Waals surface area contributed by atoms with Gasteiger partial charge < -0.3 is 18.0 Å². The van der Waals surface area contributed by atoms with Gasteiger partial charge in [0, 0.05) is 54.5 Å². The maximum absolute atomic E-state index is 10.7. The number of furan rings is 2. The van der Waals surface area contributed by atoms with Gasteiger partial charge in [0.05, 0.1) is 45.3 Å². The van der Waals surface area contributed by atoms with Crippen LogP contribution >= 0.6 is 0 Å². The van der Waals surface area contributed by atoms with E-state index in [0.29, 0.717) is 11.1 Å². The van der Waals surface area contributed by atoms with Crippen LogP contribution < -0.4 is 0 Å². The Bertz CT molecular complexity index is 3750. The zero-order chi connectivity index (χ0) is 37.1. The fraction of sp³-hybridized carbons (Fsp3) is 0. The van der Waals surface area contributed by atoms with Crippen LogP contribution in [0.2, 0.25) is 0 Å². The quantitative estimate of drug-likeness (QED) is 0.182.